The number of aliphatic carboxylic acids is 1. The third-order valence-corrected chi connectivity index (χ3v) is 3.82. The molecule has 0 aliphatic carbocycles. The molecule has 0 aliphatic heterocycles. The first-order valence-corrected chi connectivity index (χ1v) is 7.02. The molecule has 1 atom stereocenters. The van der Waals surface area contributed by atoms with Gasteiger partial charge in [0.1, 0.15) is 0 Å². The quantitative estimate of drug-likeness (QED) is 0.746. The third-order valence-electron chi connectivity index (χ3n) is 3.58. The van der Waals surface area contributed by atoms with Crippen molar-refractivity contribution in [3.63, 3.8) is 0 Å². The second kappa shape index (κ2) is 5.66. The van der Waals surface area contributed by atoms with Crippen molar-refractivity contribution < 1.29 is 14.7 Å². The predicted molar refractivity (Wildman–Crippen MR) is 84.6 cm³/mol. The average molecular weight is 314 g/mol. The first-order chi connectivity index (χ1) is 10.6. The second-order valence-electron chi connectivity index (χ2n) is 4.92. The molecule has 5 heteroatoms. The van der Waals surface area contributed by atoms with E-state index in [9.17, 15) is 14.7 Å². The van der Waals surface area contributed by atoms with Gasteiger partial charge in [0.25, 0.3) is 0 Å². The molecule has 0 radical (unpaired) electrons. The Balaban J connectivity index is 2.27. The Labute approximate surface area is 131 Å². The van der Waals surface area contributed by atoms with Crippen LogP contribution in [0.1, 0.15) is 22.0 Å². The topological polar surface area (TPSA) is 59.3 Å². The molecule has 2 aromatic carbocycles. The van der Waals surface area contributed by atoms with Gasteiger partial charge >= 0.3 is 5.97 Å². The van der Waals surface area contributed by atoms with E-state index in [1.54, 1.807) is 53.2 Å². The summed E-state index contributed by atoms with van der Waals surface area (Å²) in [5.74, 6) is -0.990. The molecule has 1 N–H and O–H groups in total. The molecule has 22 heavy (non-hydrogen) atoms. The Kier molecular flexibility index (Phi) is 3.69. The van der Waals surface area contributed by atoms with Gasteiger partial charge in [0.2, 0.25) is 0 Å². The molecule has 4 nitrogen and oxygen atoms in total. The summed E-state index contributed by atoms with van der Waals surface area (Å²) in [6, 6.07) is 13.1. The maximum Gasteiger partial charge on any atom is 0.331 e. The van der Waals surface area contributed by atoms with Crippen molar-refractivity contribution in [3.8, 4) is 0 Å². The molecular formula is C17H12ClNO3. The molecule has 110 valence electrons. The zero-order chi connectivity index (χ0) is 15.7. The van der Waals surface area contributed by atoms with E-state index in [-0.39, 0.29) is 0 Å². The standard InChI is InChI=1S/C17H12ClNO3/c18-13-6-7-15-14(8-13)12(10-20)9-19(15)16(17(21)22)11-4-2-1-3-5-11/h1-10,16H,(H,21,22). The lowest BCUT2D eigenvalue weighted by molar-refractivity contribution is -0.139. The van der Waals surface area contributed by atoms with Crippen LogP contribution >= 0.6 is 11.6 Å². The van der Waals surface area contributed by atoms with Crippen LogP contribution in [0.2, 0.25) is 5.02 Å². The molecule has 3 rings (SSSR count). The minimum absolute atomic E-state index is 0.416. The molecule has 1 heterocycles. The highest BCUT2D eigenvalue weighted by Crippen LogP contribution is 2.29. The van der Waals surface area contributed by atoms with Gasteiger partial charge in [0, 0.05) is 27.7 Å². The fraction of sp³-hybridized carbons (Fsp3) is 0.0588. The number of carbonyl (C=O) groups excluding carboxylic acids is 1. The molecule has 1 unspecified atom stereocenters. The molecule has 0 fully saturated rings. The van der Waals surface area contributed by atoms with Gasteiger partial charge in [-0.05, 0) is 23.8 Å². The number of carboxylic acids is 1. The van der Waals surface area contributed by atoms with E-state index < -0.39 is 12.0 Å². The van der Waals surface area contributed by atoms with E-state index in [1.165, 1.54) is 0 Å². The second-order valence-corrected chi connectivity index (χ2v) is 5.36. The third kappa shape index (κ3) is 2.38. The Morgan fingerprint density at radius 1 is 1.18 bits per heavy atom. The van der Waals surface area contributed by atoms with Gasteiger partial charge in [-0.3, -0.25) is 4.79 Å². The van der Waals surface area contributed by atoms with Crippen LogP contribution in [-0.4, -0.2) is 21.9 Å². The van der Waals surface area contributed by atoms with E-state index in [4.69, 9.17) is 11.6 Å². The number of rotatable bonds is 4. The van der Waals surface area contributed by atoms with Gasteiger partial charge < -0.3 is 9.67 Å². The first kappa shape index (κ1) is 14.4. The Hall–Kier alpha value is -2.59. The van der Waals surface area contributed by atoms with Crippen LogP contribution in [0.5, 0.6) is 0 Å². The van der Waals surface area contributed by atoms with Gasteiger partial charge in [0.15, 0.2) is 12.3 Å². The smallest absolute Gasteiger partial charge is 0.331 e. The summed E-state index contributed by atoms with van der Waals surface area (Å²) in [6.45, 7) is 0. The lowest BCUT2D eigenvalue weighted by atomic mass is 10.1. The Morgan fingerprint density at radius 2 is 1.91 bits per heavy atom. The van der Waals surface area contributed by atoms with Crippen molar-refractivity contribution in [2.45, 2.75) is 6.04 Å². The van der Waals surface area contributed by atoms with Crippen molar-refractivity contribution in [3.05, 3.63) is 70.9 Å². The lowest BCUT2D eigenvalue weighted by Crippen LogP contribution is -2.19. The fourth-order valence-corrected chi connectivity index (χ4v) is 2.79. The summed E-state index contributed by atoms with van der Waals surface area (Å²) in [6.07, 6.45) is 2.26. The largest absolute Gasteiger partial charge is 0.479 e. The highest BCUT2D eigenvalue weighted by atomic mass is 35.5. The van der Waals surface area contributed by atoms with Crippen LogP contribution in [0.3, 0.4) is 0 Å². The molecule has 0 spiro atoms. The molecule has 0 saturated carbocycles. The van der Waals surface area contributed by atoms with Gasteiger partial charge in [-0.25, -0.2) is 4.79 Å². The van der Waals surface area contributed by atoms with Crippen LogP contribution in [0.4, 0.5) is 0 Å². The minimum Gasteiger partial charge on any atom is -0.479 e. The van der Waals surface area contributed by atoms with Gasteiger partial charge in [-0.2, -0.15) is 0 Å². The number of carboxylic acid groups (broad SMARTS) is 1. The monoisotopic (exact) mass is 313 g/mol. The molecule has 0 saturated heterocycles. The maximum absolute atomic E-state index is 11.8. The highest BCUT2D eigenvalue weighted by molar-refractivity contribution is 6.31. The van der Waals surface area contributed by atoms with Crippen molar-refractivity contribution >= 4 is 34.8 Å². The van der Waals surface area contributed by atoms with E-state index in [2.05, 4.69) is 0 Å². The summed E-state index contributed by atoms with van der Waals surface area (Å²) in [7, 11) is 0. The number of aldehydes is 1. The number of carbonyl (C=O) groups is 2. The zero-order valence-corrected chi connectivity index (χ0v) is 12.2. The Bertz CT molecular complexity index is 855. The number of halogens is 1. The summed E-state index contributed by atoms with van der Waals surface area (Å²) >= 11 is 5.97. The van der Waals surface area contributed by atoms with E-state index in [1.807, 2.05) is 6.07 Å². The highest BCUT2D eigenvalue weighted by Gasteiger charge is 2.24. The van der Waals surface area contributed by atoms with Crippen molar-refractivity contribution in [1.29, 1.82) is 0 Å². The summed E-state index contributed by atoms with van der Waals surface area (Å²) in [5, 5.41) is 10.8. The number of fused-ring (bicyclic) bond motifs is 1. The summed E-state index contributed by atoms with van der Waals surface area (Å²) in [5.41, 5.74) is 1.71. The van der Waals surface area contributed by atoms with Crippen LogP contribution in [0.15, 0.2) is 54.7 Å². The Morgan fingerprint density at radius 3 is 2.55 bits per heavy atom. The number of aromatic nitrogens is 1. The van der Waals surface area contributed by atoms with Crippen molar-refractivity contribution in [1.82, 2.24) is 4.57 Å². The number of benzene rings is 2. The van der Waals surface area contributed by atoms with Gasteiger partial charge in [-0.15, -0.1) is 0 Å². The average Bonchev–Trinajstić information content (AvgIpc) is 2.86. The number of hydrogen-bond acceptors (Lipinski definition) is 2. The molecule has 3 aromatic rings. The van der Waals surface area contributed by atoms with E-state index in [0.29, 0.717) is 33.3 Å². The van der Waals surface area contributed by atoms with Gasteiger partial charge in [0.05, 0.1) is 0 Å². The summed E-state index contributed by atoms with van der Waals surface area (Å²) in [4.78, 5) is 23.0. The molecule has 0 amide bonds. The van der Waals surface area contributed by atoms with Crippen LogP contribution in [0, 0.1) is 0 Å². The van der Waals surface area contributed by atoms with Crippen molar-refractivity contribution in [2.24, 2.45) is 0 Å². The number of nitrogens with zero attached hydrogens (tertiary/aromatic N) is 1. The van der Waals surface area contributed by atoms with Crippen LogP contribution in [-0.2, 0) is 4.79 Å². The SMILES string of the molecule is O=Cc1cn(C(C(=O)O)c2ccccc2)c2ccc(Cl)cc12. The molecular weight excluding hydrogens is 302 g/mol. The molecule has 0 aliphatic rings. The zero-order valence-electron chi connectivity index (χ0n) is 11.4. The fourth-order valence-electron chi connectivity index (χ4n) is 2.62. The molecule has 1 aromatic heterocycles. The van der Waals surface area contributed by atoms with E-state index >= 15 is 0 Å². The van der Waals surface area contributed by atoms with E-state index in [0.717, 1.165) is 0 Å². The first-order valence-electron chi connectivity index (χ1n) is 6.65. The maximum atomic E-state index is 11.8. The summed E-state index contributed by atoms with van der Waals surface area (Å²) < 4.78 is 1.59. The van der Waals surface area contributed by atoms with Crippen LogP contribution in [0.25, 0.3) is 10.9 Å². The predicted octanol–water partition coefficient (Wildman–Crippen LogP) is 3.78. The lowest BCUT2D eigenvalue weighted by Gasteiger charge is -2.16. The minimum atomic E-state index is -0.990. The normalized spacial score (nSPS) is 12.2. The van der Waals surface area contributed by atoms with Crippen molar-refractivity contribution in [2.75, 3.05) is 0 Å². The van der Waals surface area contributed by atoms with Crippen LogP contribution < -0.4 is 0 Å². The number of hydrogen-bond donors (Lipinski definition) is 1. The molecule has 0 bridgehead atoms. The van der Waals surface area contributed by atoms with Gasteiger partial charge in [-0.1, -0.05) is 41.9 Å².